The van der Waals surface area contributed by atoms with Gasteiger partial charge in [-0.1, -0.05) is 18.2 Å². The molecule has 7 nitrogen and oxygen atoms in total. The molecule has 1 N–H and O–H groups in total. The summed E-state index contributed by atoms with van der Waals surface area (Å²) in [6.45, 7) is 8.60. The van der Waals surface area contributed by atoms with E-state index in [9.17, 15) is 0 Å². The zero-order valence-electron chi connectivity index (χ0n) is 18.9. The van der Waals surface area contributed by atoms with Gasteiger partial charge in [0.15, 0.2) is 5.96 Å². The van der Waals surface area contributed by atoms with E-state index in [-0.39, 0.29) is 0 Å². The van der Waals surface area contributed by atoms with E-state index in [0.717, 1.165) is 67.3 Å². The number of aryl methyl sites for hydroxylation is 2. The minimum Gasteiger partial charge on any atom is -0.496 e. The number of aliphatic imine (C=N–C) groups is 1. The quantitative estimate of drug-likeness (QED) is 0.555. The third-order valence-electron chi connectivity index (χ3n) is 5.86. The van der Waals surface area contributed by atoms with Crippen molar-refractivity contribution in [3.8, 4) is 5.75 Å². The lowest BCUT2D eigenvalue weighted by Crippen LogP contribution is -2.43. The zero-order chi connectivity index (χ0) is 21.5. The summed E-state index contributed by atoms with van der Waals surface area (Å²) in [5.41, 5.74) is 2.14. The number of methoxy groups -OCH3 is 1. The zero-order valence-corrected chi connectivity index (χ0v) is 18.9. The van der Waals surface area contributed by atoms with E-state index in [0.29, 0.717) is 5.92 Å². The Morgan fingerprint density at radius 3 is 2.67 bits per heavy atom. The van der Waals surface area contributed by atoms with Gasteiger partial charge in [-0.2, -0.15) is 0 Å². The van der Waals surface area contributed by atoms with Crippen molar-refractivity contribution in [3.63, 3.8) is 0 Å². The number of guanidine groups is 1. The molecule has 0 unspecified atom stereocenters. The molecule has 1 aromatic carbocycles. The van der Waals surface area contributed by atoms with Crippen LogP contribution in [0.3, 0.4) is 0 Å². The van der Waals surface area contributed by atoms with Gasteiger partial charge in [-0.15, -0.1) is 0 Å². The predicted octanol–water partition coefficient (Wildman–Crippen LogP) is 3.22. The SMILES string of the molecule is CN=C(NCC1CCN(Cc2nc(C)c(C)o2)CC1)N(C)Cc1ccccc1OC. The number of hydrogen-bond acceptors (Lipinski definition) is 5. The summed E-state index contributed by atoms with van der Waals surface area (Å²) in [5.74, 6) is 4.22. The molecule has 7 heteroatoms. The number of hydrogen-bond donors (Lipinski definition) is 1. The van der Waals surface area contributed by atoms with E-state index in [1.807, 2.05) is 39.1 Å². The Hall–Kier alpha value is -2.54. The normalized spacial score (nSPS) is 16.0. The van der Waals surface area contributed by atoms with Crippen molar-refractivity contribution in [1.82, 2.24) is 20.1 Å². The molecule has 2 heterocycles. The first-order chi connectivity index (χ1) is 14.5. The van der Waals surface area contributed by atoms with E-state index in [1.165, 1.54) is 12.8 Å². The Kier molecular flexibility index (Phi) is 7.74. The molecule has 1 aliphatic rings. The Morgan fingerprint density at radius 2 is 2.03 bits per heavy atom. The highest BCUT2D eigenvalue weighted by molar-refractivity contribution is 5.79. The molecule has 1 aliphatic heterocycles. The maximum absolute atomic E-state index is 5.73. The van der Waals surface area contributed by atoms with Gasteiger partial charge >= 0.3 is 0 Å². The molecule has 0 saturated carbocycles. The molecular weight excluding hydrogens is 378 g/mol. The summed E-state index contributed by atoms with van der Waals surface area (Å²) in [6, 6.07) is 8.12. The van der Waals surface area contributed by atoms with Crippen LogP contribution in [0.5, 0.6) is 5.75 Å². The van der Waals surface area contributed by atoms with Crippen molar-refractivity contribution in [2.24, 2.45) is 10.9 Å². The van der Waals surface area contributed by atoms with Crippen LogP contribution in [-0.4, -0.2) is 61.6 Å². The van der Waals surface area contributed by atoms with Crippen LogP contribution in [0.2, 0.25) is 0 Å². The van der Waals surface area contributed by atoms with Crippen molar-refractivity contribution >= 4 is 5.96 Å². The maximum atomic E-state index is 5.73. The van der Waals surface area contributed by atoms with E-state index in [1.54, 1.807) is 7.11 Å². The predicted molar refractivity (Wildman–Crippen MR) is 120 cm³/mol. The fraction of sp³-hybridized carbons (Fsp3) is 0.565. The monoisotopic (exact) mass is 413 g/mol. The molecule has 3 rings (SSSR count). The Balaban J connectivity index is 1.44. The van der Waals surface area contributed by atoms with E-state index < -0.39 is 0 Å². The topological polar surface area (TPSA) is 66.1 Å². The lowest BCUT2D eigenvalue weighted by Gasteiger charge is -2.32. The summed E-state index contributed by atoms with van der Waals surface area (Å²) in [5, 5.41) is 3.56. The van der Waals surface area contributed by atoms with Crippen molar-refractivity contribution in [2.75, 3.05) is 40.8 Å². The molecule has 0 radical (unpaired) electrons. The standard InChI is InChI=1S/C23H35N5O2/c1-17-18(2)30-22(26-17)16-28-12-10-19(11-13-28)14-25-23(24-3)27(4)15-20-8-6-7-9-21(20)29-5/h6-9,19H,10-16H2,1-5H3,(H,24,25). The van der Waals surface area contributed by atoms with Gasteiger partial charge < -0.3 is 19.4 Å². The van der Waals surface area contributed by atoms with Gasteiger partial charge in [-0.05, 0) is 51.8 Å². The smallest absolute Gasteiger partial charge is 0.208 e. The van der Waals surface area contributed by atoms with Gasteiger partial charge in [-0.3, -0.25) is 9.89 Å². The first-order valence-corrected chi connectivity index (χ1v) is 10.7. The van der Waals surface area contributed by atoms with Crippen LogP contribution >= 0.6 is 0 Å². The summed E-state index contributed by atoms with van der Waals surface area (Å²) in [7, 11) is 5.61. The highest BCUT2D eigenvalue weighted by Gasteiger charge is 2.21. The number of benzene rings is 1. The molecule has 1 aromatic heterocycles. The van der Waals surface area contributed by atoms with E-state index in [4.69, 9.17) is 9.15 Å². The third kappa shape index (κ3) is 5.75. The maximum Gasteiger partial charge on any atom is 0.208 e. The second-order valence-electron chi connectivity index (χ2n) is 8.06. The number of ether oxygens (including phenoxy) is 1. The molecule has 2 aromatic rings. The van der Waals surface area contributed by atoms with Gasteiger partial charge in [-0.25, -0.2) is 4.98 Å². The second-order valence-corrected chi connectivity index (χ2v) is 8.06. The van der Waals surface area contributed by atoms with Gasteiger partial charge in [0, 0.05) is 32.7 Å². The molecule has 0 spiro atoms. The number of nitrogens with one attached hydrogen (secondary N) is 1. The lowest BCUT2D eigenvalue weighted by molar-refractivity contribution is 0.163. The van der Waals surface area contributed by atoms with Crippen LogP contribution < -0.4 is 10.1 Å². The summed E-state index contributed by atoms with van der Waals surface area (Å²) >= 11 is 0. The fourth-order valence-electron chi connectivity index (χ4n) is 3.93. The van der Waals surface area contributed by atoms with Crippen molar-refractivity contribution < 1.29 is 9.15 Å². The first-order valence-electron chi connectivity index (χ1n) is 10.7. The summed E-state index contributed by atoms with van der Waals surface area (Å²) < 4.78 is 11.2. The number of piperidine rings is 1. The van der Waals surface area contributed by atoms with Crippen LogP contribution in [0, 0.1) is 19.8 Å². The molecule has 0 amide bonds. The number of aromatic nitrogens is 1. The Morgan fingerprint density at radius 1 is 1.30 bits per heavy atom. The number of para-hydroxylation sites is 1. The highest BCUT2D eigenvalue weighted by Crippen LogP contribution is 2.20. The van der Waals surface area contributed by atoms with E-state index >= 15 is 0 Å². The lowest BCUT2D eigenvalue weighted by atomic mass is 9.97. The number of nitrogens with zero attached hydrogens (tertiary/aromatic N) is 4. The average molecular weight is 414 g/mol. The van der Waals surface area contributed by atoms with Gasteiger partial charge in [0.25, 0.3) is 0 Å². The van der Waals surface area contributed by atoms with Crippen LogP contribution in [0.15, 0.2) is 33.7 Å². The third-order valence-corrected chi connectivity index (χ3v) is 5.86. The van der Waals surface area contributed by atoms with Gasteiger partial charge in [0.1, 0.15) is 11.5 Å². The highest BCUT2D eigenvalue weighted by atomic mass is 16.5. The Labute approximate surface area is 180 Å². The molecule has 164 valence electrons. The largest absolute Gasteiger partial charge is 0.496 e. The first kappa shape index (κ1) is 22.2. The summed E-state index contributed by atoms with van der Waals surface area (Å²) in [6.07, 6.45) is 2.33. The number of oxazole rings is 1. The molecular formula is C23H35N5O2. The molecule has 0 bridgehead atoms. The van der Waals surface area contributed by atoms with Crippen LogP contribution in [0.4, 0.5) is 0 Å². The second kappa shape index (κ2) is 10.5. The minimum atomic E-state index is 0.644. The Bertz CT molecular complexity index is 820. The van der Waals surface area contributed by atoms with Gasteiger partial charge in [0.2, 0.25) is 5.89 Å². The summed E-state index contributed by atoms with van der Waals surface area (Å²) in [4.78, 5) is 13.5. The van der Waals surface area contributed by atoms with Crippen molar-refractivity contribution in [3.05, 3.63) is 47.2 Å². The molecule has 1 saturated heterocycles. The van der Waals surface area contributed by atoms with Crippen LogP contribution in [0.1, 0.15) is 35.7 Å². The van der Waals surface area contributed by atoms with Crippen molar-refractivity contribution in [2.45, 2.75) is 39.8 Å². The average Bonchev–Trinajstić information content (AvgIpc) is 3.06. The number of rotatable bonds is 7. The van der Waals surface area contributed by atoms with E-state index in [2.05, 4.69) is 38.2 Å². The van der Waals surface area contributed by atoms with Gasteiger partial charge in [0.05, 0.1) is 19.3 Å². The minimum absolute atomic E-state index is 0.644. The molecule has 30 heavy (non-hydrogen) atoms. The fourth-order valence-corrected chi connectivity index (χ4v) is 3.93. The van der Waals surface area contributed by atoms with Crippen LogP contribution in [-0.2, 0) is 13.1 Å². The molecule has 0 aliphatic carbocycles. The molecule has 0 atom stereocenters. The van der Waals surface area contributed by atoms with Crippen molar-refractivity contribution in [1.29, 1.82) is 0 Å². The number of likely N-dealkylation sites (tertiary alicyclic amines) is 1. The molecule has 1 fully saturated rings. The van der Waals surface area contributed by atoms with Crippen LogP contribution in [0.25, 0.3) is 0 Å².